The molecule has 0 bridgehead atoms. The maximum atomic E-state index is 12.1. The lowest BCUT2D eigenvalue weighted by Crippen LogP contribution is -2.59. The number of carbonyl (C=O) groups excluding carboxylic acids is 1. The van der Waals surface area contributed by atoms with Crippen LogP contribution in [0.4, 0.5) is 0 Å². The van der Waals surface area contributed by atoms with Crippen LogP contribution in [-0.4, -0.2) is 55.0 Å². The first kappa shape index (κ1) is 14.5. The summed E-state index contributed by atoms with van der Waals surface area (Å²) in [5.74, 6) is 0.259. The maximum absolute atomic E-state index is 12.1. The van der Waals surface area contributed by atoms with E-state index in [2.05, 4.69) is 19.0 Å². The summed E-state index contributed by atoms with van der Waals surface area (Å²) in [5.41, 5.74) is 6.09. The first-order valence-corrected chi connectivity index (χ1v) is 6.48. The highest BCUT2D eigenvalue weighted by Gasteiger charge is 2.41. The summed E-state index contributed by atoms with van der Waals surface area (Å²) in [4.78, 5) is 16.2. The highest BCUT2D eigenvalue weighted by Crippen LogP contribution is 2.36. The van der Waals surface area contributed by atoms with Crippen molar-refractivity contribution in [2.24, 2.45) is 11.7 Å². The van der Waals surface area contributed by atoms with Crippen LogP contribution in [0.5, 0.6) is 0 Å². The van der Waals surface area contributed by atoms with Crippen LogP contribution in [0.15, 0.2) is 0 Å². The lowest BCUT2D eigenvalue weighted by molar-refractivity contribution is -0.135. The number of carbonyl (C=O) groups is 1. The van der Waals surface area contributed by atoms with Crippen LogP contribution in [0.3, 0.4) is 0 Å². The molecule has 100 valence electrons. The van der Waals surface area contributed by atoms with Crippen molar-refractivity contribution in [3.05, 3.63) is 0 Å². The quantitative estimate of drug-likeness (QED) is 0.778. The third-order valence-electron chi connectivity index (χ3n) is 4.14. The third kappa shape index (κ3) is 2.99. The summed E-state index contributed by atoms with van der Waals surface area (Å²) >= 11 is 0. The molecule has 0 aromatic rings. The monoisotopic (exact) mass is 241 g/mol. The van der Waals surface area contributed by atoms with Gasteiger partial charge in [-0.15, -0.1) is 0 Å². The molecule has 1 saturated carbocycles. The molecule has 1 aliphatic carbocycles. The average molecular weight is 241 g/mol. The van der Waals surface area contributed by atoms with E-state index < -0.39 is 0 Å². The number of likely N-dealkylation sites (N-methyl/N-ethyl adjacent to an activating group) is 2. The van der Waals surface area contributed by atoms with Gasteiger partial charge >= 0.3 is 0 Å². The summed E-state index contributed by atoms with van der Waals surface area (Å²) < 4.78 is 0. The molecular formula is C13H27N3O. The molecule has 1 amide bonds. The minimum absolute atomic E-state index is 0.0631. The van der Waals surface area contributed by atoms with E-state index in [0.717, 1.165) is 6.54 Å². The van der Waals surface area contributed by atoms with Crippen molar-refractivity contribution in [2.45, 2.75) is 44.7 Å². The Labute approximate surface area is 105 Å². The van der Waals surface area contributed by atoms with E-state index in [1.807, 2.05) is 25.8 Å². The van der Waals surface area contributed by atoms with Gasteiger partial charge in [-0.3, -0.25) is 4.79 Å². The Bertz CT molecular complexity index is 272. The minimum atomic E-state index is -0.376. The van der Waals surface area contributed by atoms with Crippen LogP contribution >= 0.6 is 0 Å². The summed E-state index contributed by atoms with van der Waals surface area (Å²) in [6, 6.07) is -0.376. The summed E-state index contributed by atoms with van der Waals surface area (Å²) in [7, 11) is 6.06. The lowest BCUT2D eigenvalue weighted by atomic mass is 9.75. The third-order valence-corrected chi connectivity index (χ3v) is 4.14. The fourth-order valence-electron chi connectivity index (χ4n) is 2.39. The number of rotatable bonds is 5. The molecule has 2 N–H and O–H groups in total. The molecule has 0 aromatic carbocycles. The van der Waals surface area contributed by atoms with E-state index in [0.29, 0.717) is 0 Å². The molecule has 1 unspecified atom stereocenters. The zero-order chi connectivity index (χ0) is 13.2. The highest BCUT2D eigenvalue weighted by atomic mass is 16.2. The van der Waals surface area contributed by atoms with Gasteiger partial charge in [0.1, 0.15) is 0 Å². The zero-order valence-corrected chi connectivity index (χ0v) is 11.9. The minimum Gasteiger partial charge on any atom is -0.343 e. The van der Waals surface area contributed by atoms with Crippen LogP contribution in [0.25, 0.3) is 0 Å². The molecule has 17 heavy (non-hydrogen) atoms. The molecule has 0 heterocycles. The second-order valence-electron chi connectivity index (χ2n) is 5.94. The predicted molar refractivity (Wildman–Crippen MR) is 70.7 cm³/mol. The van der Waals surface area contributed by atoms with Gasteiger partial charge in [-0.2, -0.15) is 0 Å². The normalized spacial score (nSPS) is 20.2. The number of nitrogens with two attached hydrogens (primary N) is 1. The largest absolute Gasteiger partial charge is 0.343 e. The molecule has 0 spiro atoms. The number of nitrogens with zero attached hydrogens (tertiary/aromatic N) is 2. The molecule has 4 heteroatoms. The predicted octanol–water partition coefficient (Wildman–Crippen LogP) is 0.912. The van der Waals surface area contributed by atoms with Crippen LogP contribution in [0, 0.1) is 5.92 Å². The first-order valence-electron chi connectivity index (χ1n) is 6.48. The lowest BCUT2D eigenvalue weighted by Gasteiger charge is -2.49. The summed E-state index contributed by atoms with van der Waals surface area (Å²) in [6.45, 7) is 4.77. The van der Waals surface area contributed by atoms with Gasteiger partial charge in [0, 0.05) is 19.1 Å². The van der Waals surface area contributed by atoms with Gasteiger partial charge in [-0.25, -0.2) is 0 Å². The van der Waals surface area contributed by atoms with Crippen LogP contribution in [0.1, 0.15) is 33.1 Å². The van der Waals surface area contributed by atoms with Crippen molar-refractivity contribution in [3.8, 4) is 0 Å². The Morgan fingerprint density at radius 3 is 2.12 bits per heavy atom. The maximum Gasteiger partial charge on any atom is 0.239 e. The van der Waals surface area contributed by atoms with Crippen molar-refractivity contribution in [2.75, 3.05) is 27.7 Å². The molecule has 0 aliphatic heterocycles. The Balaban J connectivity index is 2.59. The van der Waals surface area contributed by atoms with E-state index in [1.54, 1.807) is 0 Å². The van der Waals surface area contributed by atoms with Crippen molar-refractivity contribution >= 4 is 5.91 Å². The topological polar surface area (TPSA) is 49.6 Å². The molecule has 4 nitrogen and oxygen atoms in total. The molecule has 1 atom stereocenters. The van der Waals surface area contributed by atoms with Gasteiger partial charge in [0.05, 0.1) is 6.04 Å². The molecule has 0 aromatic heterocycles. The fraction of sp³-hybridized carbons (Fsp3) is 0.923. The molecular weight excluding hydrogens is 214 g/mol. The van der Waals surface area contributed by atoms with Gasteiger partial charge in [0.25, 0.3) is 0 Å². The standard InChI is InChI=1S/C13H27N3O/c1-10(2)11(14)12(17)16(5)9-13(15(3)4)7-6-8-13/h10-11H,6-9,14H2,1-5H3. The molecule has 0 radical (unpaired) electrons. The SMILES string of the molecule is CC(C)C(N)C(=O)N(C)CC1(N(C)C)CCC1. The van der Waals surface area contributed by atoms with E-state index in [-0.39, 0.29) is 23.4 Å². The summed E-state index contributed by atoms with van der Waals surface area (Å²) in [6.07, 6.45) is 3.61. The van der Waals surface area contributed by atoms with Crippen LogP contribution in [0.2, 0.25) is 0 Å². The van der Waals surface area contributed by atoms with Gasteiger partial charge in [0.15, 0.2) is 0 Å². The van der Waals surface area contributed by atoms with Gasteiger partial charge in [0.2, 0.25) is 5.91 Å². The number of hydrogen-bond donors (Lipinski definition) is 1. The van der Waals surface area contributed by atoms with E-state index >= 15 is 0 Å². The molecule has 0 saturated heterocycles. The van der Waals surface area contributed by atoms with Crippen LogP contribution in [-0.2, 0) is 4.79 Å². The van der Waals surface area contributed by atoms with E-state index in [1.165, 1.54) is 19.3 Å². The van der Waals surface area contributed by atoms with Crippen molar-refractivity contribution in [1.29, 1.82) is 0 Å². The average Bonchev–Trinajstić information content (AvgIpc) is 2.20. The van der Waals surface area contributed by atoms with E-state index in [9.17, 15) is 4.79 Å². The first-order chi connectivity index (χ1) is 7.80. The highest BCUT2D eigenvalue weighted by molar-refractivity contribution is 5.81. The van der Waals surface area contributed by atoms with Gasteiger partial charge < -0.3 is 15.5 Å². The van der Waals surface area contributed by atoms with Crippen molar-refractivity contribution < 1.29 is 4.79 Å². The number of hydrogen-bond acceptors (Lipinski definition) is 3. The zero-order valence-electron chi connectivity index (χ0n) is 11.9. The molecule has 1 fully saturated rings. The Kier molecular flexibility index (Phi) is 4.55. The smallest absolute Gasteiger partial charge is 0.239 e. The second kappa shape index (κ2) is 5.36. The summed E-state index contributed by atoms with van der Waals surface area (Å²) in [5, 5.41) is 0. The number of amides is 1. The van der Waals surface area contributed by atoms with Crippen molar-refractivity contribution in [1.82, 2.24) is 9.80 Å². The fourth-order valence-corrected chi connectivity index (χ4v) is 2.39. The van der Waals surface area contributed by atoms with Crippen LogP contribution < -0.4 is 5.73 Å². The second-order valence-corrected chi connectivity index (χ2v) is 5.94. The Hall–Kier alpha value is -0.610. The Morgan fingerprint density at radius 1 is 1.29 bits per heavy atom. The Morgan fingerprint density at radius 2 is 1.82 bits per heavy atom. The molecule has 1 aliphatic rings. The van der Waals surface area contributed by atoms with Crippen molar-refractivity contribution in [3.63, 3.8) is 0 Å². The van der Waals surface area contributed by atoms with Gasteiger partial charge in [-0.1, -0.05) is 13.8 Å². The molecule has 1 rings (SSSR count). The van der Waals surface area contributed by atoms with E-state index in [4.69, 9.17) is 5.73 Å². The van der Waals surface area contributed by atoms with Gasteiger partial charge in [-0.05, 0) is 39.3 Å².